The molecular weight excluding hydrogens is 338 g/mol. The molecule has 2 aromatic carbocycles. The zero-order chi connectivity index (χ0) is 19.1. The van der Waals surface area contributed by atoms with Crippen LogP contribution in [0.1, 0.15) is 30.0 Å². The van der Waals surface area contributed by atoms with Gasteiger partial charge in [0.1, 0.15) is 6.61 Å². The Hall–Kier alpha value is -2.53. The third kappa shape index (κ3) is 5.47. The van der Waals surface area contributed by atoms with E-state index in [1.54, 1.807) is 0 Å². The first-order valence-electron chi connectivity index (χ1n) is 9.59. The summed E-state index contributed by atoms with van der Waals surface area (Å²) in [7, 11) is 4.08. The Kier molecular flexibility index (Phi) is 6.71. The van der Waals surface area contributed by atoms with Gasteiger partial charge in [0.25, 0.3) is 0 Å². The first-order chi connectivity index (χ1) is 13.1. The number of nitrogens with zero attached hydrogens (tertiary/aromatic N) is 2. The van der Waals surface area contributed by atoms with E-state index in [-0.39, 0.29) is 12.1 Å². The van der Waals surface area contributed by atoms with E-state index >= 15 is 0 Å². The lowest BCUT2D eigenvalue weighted by Crippen LogP contribution is -2.37. The standard InChI is InChI=1S/C22H29N3O2/c1-24(2)20-12-10-19(11-13-20)21(25-14-6-7-15-25)16-23-22(26)27-17-18-8-4-3-5-9-18/h3-5,8-13,21H,6-7,14-17H2,1-2H3,(H,23,26)/t21-/m0/s1. The van der Waals surface area contributed by atoms with Crippen LogP contribution in [0.25, 0.3) is 0 Å². The summed E-state index contributed by atoms with van der Waals surface area (Å²) in [5.41, 5.74) is 3.39. The van der Waals surface area contributed by atoms with Crippen molar-refractivity contribution in [2.45, 2.75) is 25.5 Å². The number of anilines is 1. The molecule has 0 radical (unpaired) electrons. The van der Waals surface area contributed by atoms with Crippen LogP contribution in [0, 0.1) is 0 Å². The second-order valence-corrected chi connectivity index (χ2v) is 7.19. The third-order valence-corrected chi connectivity index (χ3v) is 5.03. The van der Waals surface area contributed by atoms with Crippen molar-refractivity contribution in [3.63, 3.8) is 0 Å². The molecule has 1 amide bonds. The predicted octanol–water partition coefficient (Wildman–Crippen LogP) is 3.82. The Morgan fingerprint density at radius 1 is 1.07 bits per heavy atom. The third-order valence-electron chi connectivity index (χ3n) is 5.03. The lowest BCUT2D eigenvalue weighted by atomic mass is 10.0. The molecule has 5 nitrogen and oxygen atoms in total. The molecule has 1 aliphatic heterocycles. The minimum absolute atomic E-state index is 0.174. The Balaban J connectivity index is 1.59. The highest BCUT2D eigenvalue weighted by atomic mass is 16.5. The van der Waals surface area contributed by atoms with Crippen LogP contribution >= 0.6 is 0 Å². The van der Waals surface area contributed by atoms with Crippen LogP contribution in [-0.2, 0) is 11.3 Å². The van der Waals surface area contributed by atoms with Gasteiger partial charge >= 0.3 is 6.09 Å². The number of carbonyl (C=O) groups excluding carboxylic acids is 1. The molecule has 1 heterocycles. The number of benzene rings is 2. The summed E-state index contributed by atoms with van der Waals surface area (Å²) in [6, 6.07) is 18.5. The molecule has 2 aromatic rings. The number of amides is 1. The van der Waals surface area contributed by atoms with Crippen molar-refractivity contribution in [2.75, 3.05) is 38.6 Å². The van der Waals surface area contributed by atoms with Crippen molar-refractivity contribution in [1.29, 1.82) is 0 Å². The number of carbonyl (C=O) groups is 1. The molecule has 1 atom stereocenters. The number of hydrogen-bond acceptors (Lipinski definition) is 4. The van der Waals surface area contributed by atoms with Crippen molar-refractivity contribution in [3.8, 4) is 0 Å². The SMILES string of the molecule is CN(C)c1ccc([C@H](CNC(=O)OCc2ccccc2)N2CCCC2)cc1. The first-order valence-corrected chi connectivity index (χ1v) is 9.59. The molecule has 0 unspecified atom stereocenters. The molecule has 0 aromatic heterocycles. The van der Waals surface area contributed by atoms with E-state index in [0.29, 0.717) is 13.2 Å². The predicted molar refractivity (Wildman–Crippen MR) is 109 cm³/mol. The largest absolute Gasteiger partial charge is 0.445 e. The van der Waals surface area contributed by atoms with E-state index in [1.807, 2.05) is 44.4 Å². The summed E-state index contributed by atoms with van der Waals surface area (Å²) in [5, 5.41) is 2.95. The Bertz CT molecular complexity index is 710. The molecular formula is C22H29N3O2. The molecule has 0 spiro atoms. The van der Waals surface area contributed by atoms with E-state index in [1.165, 1.54) is 24.1 Å². The van der Waals surface area contributed by atoms with E-state index in [2.05, 4.69) is 39.4 Å². The van der Waals surface area contributed by atoms with Crippen LogP contribution in [0.3, 0.4) is 0 Å². The van der Waals surface area contributed by atoms with Gasteiger partial charge in [0.05, 0.1) is 6.04 Å². The lowest BCUT2D eigenvalue weighted by Gasteiger charge is -2.28. The number of hydrogen-bond donors (Lipinski definition) is 1. The molecule has 144 valence electrons. The second-order valence-electron chi connectivity index (χ2n) is 7.19. The number of rotatable bonds is 7. The summed E-state index contributed by atoms with van der Waals surface area (Å²) in [4.78, 5) is 16.7. The average molecular weight is 367 g/mol. The molecule has 5 heteroatoms. The molecule has 3 rings (SSSR count). The Morgan fingerprint density at radius 3 is 2.37 bits per heavy atom. The minimum Gasteiger partial charge on any atom is -0.445 e. The Labute approximate surface area is 161 Å². The van der Waals surface area contributed by atoms with Gasteiger partial charge in [0, 0.05) is 26.3 Å². The van der Waals surface area contributed by atoms with Gasteiger partial charge in [0.2, 0.25) is 0 Å². The van der Waals surface area contributed by atoms with Crippen LogP contribution in [0.15, 0.2) is 54.6 Å². The fourth-order valence-corrected chi connectivity index (χ4v) is 3.46. The van der Waals surface area contributed by atoms with Crippen molar-refractivity contribution >= 4 is 11.8 Å². The Morgan fingerprint density at radius 2 is 1.74 bits per heavy atom. The van der Waals surface area contributed by atoms with Crippen LogP contribution in [0.5, 0.6) is 0 Å². The molecule has 0 saturated carbocycles. The zero-order valence-electron chi connectivity index (χ0n) is 16.2. The van der Waals surface area contributed by atoms with Gasteiger partial charge in [-0.05, 0) is 49.2 Å². The van der Waals surface area contributed by atoms with Crippen LogP contribution < -0.4 is 10.2 Å². The monoisotopic (exact) mass is 367 g/mol. The number of nitrogens with one attached hydrogen (secondary N) is 1. The molecule has 0 bridgehead atoms. The molecule has 1 N–H and O–H groups in total. The summed E-state index contributed by atoms with van der Waals surface area (Å²) in [6.07, 6.45) is 2.06. The maximum Gasteiger partial charge on any atom is 0.407 e. The highest BCUT2D eigenvalue weighted by molar-refractivity contribution is 5.67. The number of likely N-dealkylation sites (tertiary alicyclic amines) is 1. The zero-order valence-corrected chi connectivity index (χ0v) is 16.2. The van der Waals surface area contributed by atoms with E-state index in [4.69, 9.17) is 4.74 Å². The van der Waals surface area contributed by atoms with E-state index in [9.17, 15) is 4.79 Å². The van der Waals surface area contributed by atoms with Gasteiger partial charge in [-0.1, -0.05) is 42.5 Å². The molecule has 27 heavy (non-hydrogen) atoms. The summed E-state index contributed by atoms with van der Waals surface area (Å²) in [6.45, 7) is 2.98. The number of ether oxygens (including phenoxy) is 1. The smallest absolute Gasteiger partial charge is 0.407 e. The van der Waals surface area contributed by atoms with E-state index in [0.717, 1.165) is 18.7 Å². The van der Waals surface area contributed by atoms with Gasteiger partial charge in [-0.3, -0.25) is 4.90 Å². The molecule has 1 saturated heterocycles. The quantitative estimate of drug-likeness (QED) is 0.808. The van der Waals surface area contributed by atoms with Crippen LogP contribution in [0.4, 0.5) is 10.5 Å². The first kappa shape index (κ1) is 19.2. The average Bonchev–Trinajstić information content (AvgIpc) is 3.22. The molecule has 0 aliphatic carbocycles. The highest BCUT2D eigenvalue weighted by Gasteiger charge is 2.24. The minimum atomic E-state index is -0.368. The van der Waals surface area contributed by atoms with Gasteiger partial charge in [0.15, 0.2) is 0 Å². The fraction of sp³-hybridized carbons (Fsp3) is 0.409. The topological polar surface area (TPSA) is 44.8 Å². The fourth-order valence-electron chi connectivity index (χ4n) is 3.46. The second kappa shape index (κ2) is 9.42. The van der Waals surface area contributed by atoms with Crippen molar-refractivity contribution in [3.05, 3.63) is 65.7 Å². The van der Waals surface area contributed by atoms with E-state index < -0.39 is 0 Å². The van der Waals surface area contributed by atoms with Gasteiger partial charge in [-0.2, -0.15) is 0 Å². The lowest BCUT2D eigenvalue weighted by molar-refractivity contribution is 0.134. The molecule has 1 aliphatic rings. The van der Waals surface area contributed by atoms with Crippen molar-refractivity contribution in [2.24, 2.45) is 0 Å². The van der Waals surface area contributed by atoms with Crippen LogP contribution in [-0.4, -0.2) is 44.7 Å². The summed E-state index contributed by atoms with van der Waals surface area (Å²) in [5.74, 6) is 0. The van der Waals surface area contributed by atoms with Gasteiger partial charge < -0.3 is 15.0 Å². The maximum absolute atomic E-state index is 12.2. The molecule has 1 fully saturated rings. The number of alkyl carbamates (subject to hydrolysis) is 1. The summed E-state index contributed by atoms with van der Waals surface area (Å²) >= 11 is 0. The highest BCUT2D eigenvalue weighted by Crippen LogP contribution is 2.26. The van der Waals surface area contributed by atoms with Crippen molar-refractivity contribution in [1.82, 2.24) is 10.2 Å². The normalized spacial score (nSPS) is 15.3. The maximum atomic E-state index is 12.2. The van der Waals surface area contributed by atoms with Crippen LogP contribution in [0.2, 0.25) is 0 Å². The summed E-state index contributed by atoms with van der Waals surface area (Å²) < 4.78 is 5.35. The van der Waals surface area contributed by atoms with Crippen molar-refractivity contribution < 1.29 is 9.53 Å². The van der Waals surface area contributed by atoms with Gasteiger partial charge in [-0.25, -0.2) is 4.79 Å². The van der Waals surface area contributed by atoms with Gasteiger partial charge in [-0.15, -0.1) is 0 Å².